The number of aryl methyl sites for hydroxylation is 3. The molecule has 0 radical (unpaired) electrons. The summed E-state index contributed by atoms with van der Waals surface area (Å²) in [5.74, 6) is 1.83. The Balaban J connectivity index is 0.00000261. The highest BCUT2D eigenvalue weighted by Gasteiger charge is 2.09. The van der Waals surface area contributed by atoms with Gasteiger partial charge in [-0.2, -0.15) is 5.10 Å². The number of nitrogens with one attached hydrogen (secondary N) is 3. The Morgan fingerprint density at radius 3 is 2.67 bits per heavy atom. The molecule has 0 fully saturated rings. The maximum atomic E-state index is 4.61. The molecule has 0 spiro atoms. The molecule has 0 saturated carbocycles. The molecule has 27 heavy (non-hydrogen) atoms. The molecule has 0 saturated heterocycles. The number of para-hydroxylation sites is 2. The number of benzene rings is 1. The molecule has 1 aromatic carbocycles. The Kier molecular flexibility index (Phi) is 7.64. The lowest BCUT2D eigenvalue weighted by Gasteiger charge is -2.12. The number of aliphatic imine (C=N–C) groups is 1. The van der Waals surface area contributed by atoms with Crippen LogP contribution < -0.4 is 10.6 Å². The fourth-order valence-corrected chi connectivity index (χ4v) is 3.05. The average molecular weight is 481 g/mol. The molecule has 0 bridgehead atoms. The summed E-state index contributed by atoms with van der Waals surface area (Å²) in [5, 5.41) is 11.2. The van der Waals surface area contributed by atoms with E-state index in [1.54, 1.807) is 7.05 Å². The average Bonchev–Trinajstić information content (AvgIpc) is 3.15. The summed E-state index contributed by atoms with van der Waals surface area (Å²) < 4.78 is 1.91. The molecule has 146 valence electrons. The van der Waals surface area contributed by atoms with Crippen LogP contribution >= 0.6 is 24.0 Å². The molecule has 0 atom stereocenters. The Hall–Kier alpha value is -2.10. The topological polar surface area (TPSA) is 82.9 Å². The van der Waals surface area contributed by atoms with E-state index < -0.39 is 0 Å². The van der Waals surface area contributed by atoms with Gasteiger partial charge in [-0.15, -0.1) is 24.0 Å². The summed E-state index contributed by atoms with van der Waals surface area (Å²) in [4.78, 5) is 12.3. The SMILES string of the molecule is CN=C(NCCCc1nc2ccccc2[nH]1)NCc1c(C)nn(C)c1C.I. The summed E-state index contributed by atoms with van der Waals surface area (Å²) in [7, 11) is 3.76. The van der Waals surface area contributed by atoms with Crippen LogP contribution in [0.5, 0.6) is 0 Å². The molecule has 7 nitrogen and oxygen atoms in total. The third kappa shape index (κ3) is 5.21. The van der Waals surface area contributed by atoms with Crippen molar-refractivity contribution in [1.82, 2.24) is 30.4 Å². The standard InChI is InChI=1S/C19H27N7.HI/c1-13-15(14(2)26(4)25-13)12-22-19(20-3)21-11-7-10-18-23-16-8-5-6-9-17(16)24-18;/h5-6,8-9H,7,10-12H2,1-4H3,(H,23,24)(H2,20,21,22);1H. The summed E-state index contributed by atoms with van der Waals surface area (Å²) in [5.41, 5.74) is 5.57. The molecule has 0 aliphatic heterocycles. The van der Waals surface area contributed by atoms with Gasteiger partial charge < -0.3 is 15.6 Å². The number of aromatic amines is 1. The fourth-order valence-electron chi connectivity index (χ4n) is 3.05. The third-order valence-electron chi connectivity index (χ3n) is 4.64. The van der Waals surface area contributed by atoms with E-state index in [2.05, 4.69) is 43.7 Å². The first-order valence-corrected chi connectivity index (χ1v) is 8.95. The van der Waals surface area contributed by atoms with Crippen LogP contribution in [0.1, 0.15) is 29.2 Å². The number of fused-ring (bicyclic) bond motifs is 1. The van der Waals surface area contributed by atoms with Crippen LogP contribution in [-0.2, 0) is 20.0 Å². The Morgan fingerprint density at radius 1 is 1.22 bits per heavy atom. The van der Waals surface area contributed by atoms with Crippen molar-refractivity contribution in [2.45, 2.75) is 33.2 Å². The van der Waals surface area contributed by atoms with Crippen LogP contribution in [0.2, 0.25) is 0 Å². The number of hydrogen-bond acceptors (Lipinski definition) is 3. The number of rotatable bonds is 6. The maximum Gasteiger partial charge on any atom is 0.191 e. The smallest absolute Gasteiger partial charge is 0.191 e. The maximum absolute atomic E-state index is 4.61. The van der Waals surface area contributed by atoms with Crippen LogP contribution in [0.3, 0.4) is 0 Å². The fraction of sp³-hybridized carbons (Fsp3) is 0.421. The number of imidazole rings is 1. The number of nitrogens with zero attached hydrogens (tertiary/aromatic N) is 4. The van der Waals surface area contributed by atoms with Gasteiger partial charge in [0.05, 0.1) is 16.7 Å². The molecule has 0 aliphatic rings. The minimum absolute atomic E-state index is 0. The lowest BCUT2D eigenvalue weighted by atomic mass is 10.2. The van der Waals surface area contributed by atoms with Crippen molar-refractivity contribution in [1.29, 1.82) is 0 Å². The summed E-state index contributed by atoms with van der Waals surface area (Å²) in [6.07, 6.45) is 1.88. The molecule has 0 amide bonds. The zero-order valence-electron chi connectivity index (χ0n) is 16.3. The van der Waals surface area contributed by atoms with Gasteiger partial charge in [0.25, 0.3) is 0 Å². The quantitative estimate of drug-likeness (QED) is 0.219. The second kappa shape index (κ2) is 9.72. The number of hydrogen-bond donors (Lipinski definition) is 3. The molecule has 2 aromatic heterocycles. The van der Waals surface area contributed by atoms with E-state index in [1.807, 2.05) is 36.9 Å². The molecule has 3 aromatic rings. The lowest BCUT2D eigenvalue weighted by molar-refractivity contribution is 0.721. The second-order valence-electron chi connectivity index (χ2n) is 6.43. The summed E-state index contributed by atoms with van der Waals surface area (Å²) in [6.45, 7) is 5.67. The van der Waals surface area contributed by atoms with Crippen molar-refractivity contribution < 1.29 is 0 Å². The van der Waals surface area contributed by atoms with Crippen LogP contribution in [0.15, 0.2) is 29.3 Å². The van der Waals surface area contributed by atoms with Gasteiger partial charge in [0, 0.05) is 44.9 Å². The molecule has 0 aliphatic carbocycles. The zero-order valence-corrected chi connectivity index (χ0v) is 18.7. The van der Waals surface area contributed by atoms with Gasteiger partial charge >= 0.3 is 0 Å². The van der Waals surface area contributed by atoms with Crippen molar-refractivity contribution in [3.8, 4) is 0 Å². The first kappa shape index (κ1) is 21.2. The predicted molar refractivity (Wildman–Crippen MR) is 121 cm³/mol. The second-order valence-corrected chi connectivity index (χ2v) is 6.43. The number of aromatic nitrogens is 4. The van der Waals surface area contributed by atoms with Gasteiger partial charge in [-0.05, 0) is 32.4 Å². The van der Waals surface area contributed by atoms with Crippen LogP contribution in [0, 0.1) is 13.8 Å². The molecule has 0 unspecified atom stereocenters. The van der Waals surface area contributed by atoms with Gasteiger partial charge in [0.15, 0.2) is 5.96 Å². The number of H-pyrrole nitrogens is 1. The molecule has 3 N–H and O–H groups in total. The van der Waals surface area contributed by atoms with Crippen molar-refractivity contribution in [3.05, 3.63) is 47.0 Å². The monoisotopic (exact) mass is 481 g/mol. The lowest BCUT2D eigenvalue weighted by Crippen LogP contribution is -2.37. The van der Waals surface area contributed by atoms with Gasteiger partial charge in [-0.25, -0.2) is 4.98 Å². The van der Waals surface area contributed by atoms with Crippen LogP contribution in [0.25, 0.3) is 11.0 Å². The van der Waals surface area contributed by atoms with E-state index in [-0.39, 0.29) is 24.0 Å². The van der Waals surface area contributed by atoms with Crippen LogP contribution in [0.4, 0.5) is 0 Å². The number of guanidine groups is 1. The predicted octanol–water partition coefficient (Wildman–Crippen LogP) is 2.83. The Labute approximate surface area is 177 Å². The van der Waals surface area contributed by atoms with Gasteiger partial charge in [0.2, 0.25) is 0 Å². The third-order valence-corrected chi connectivity index (χ3v) is 4.64. The van der Waals surface area contributed by atoms with E-state index in [9.17, 15) is 0 Å². The first-order valence-electron chi connectivity index (χ1n) is 8.95. The van der Waals surface area contributed by atoms with Crippen LogP contribution in [-0.4, -0.2) is 39.3 Å². The van der Waals surface area contributed by atoms with Gasteiger partial charge in [0.1, 0.15) is 5.82 Å². The van der Waals surface area contributed by atoms with E-state index in [4.69, 9.17) is 0 Å². The van der Waals surface area contributed by atoms with E-state index in [1.165, 1.54) is 11.3 Å². The summed E-state index contributed by atoms with van der Waals surface area (Å²) in [6, 6.07) is 8.11. The van der Waals surface area contributed by atoms with Crippen molar-refractivity contribution in [2.75, 3.05) is 13.6 Å². The minimum Gasteiger partial charge on any atom is -0.356 e. The zero-order chi connectivity index (χ0) is 18.5. The number of halogens is 1. The highest BCUT2D eigenvalue weighted by Crippen LogP contribution is 2.12. The largest absolute Gasteiger partial charge is 0.356 e. The minimum atomic E-state index is 0. The Bertz CT molecular complexity index is 877. The van der Waals surface area contributed by atoms with E-state index >= 15 is 0 Å². The van der Waals surface area contributed by atoms with E-state index in [0.717, 1.165) is 54.4 Å². The first-order chi connectivity index (χ1) is 12.6. The van der Waals surface area contributed by atoms with Gasteiger partial charge in [-0.1, -0.05) is 12.1 Å². The highest BCUT2D eigenvalue weighted by atomic mass is 127. The van der Waals surface area contributed by atoms with E-state index in [0.29, 0.717) is 0 Å². The molecular formula is C19H28IN7. The Morgan fingerprint density at radius 2 is 2.00 bits per heavy atom. The van der Waals surface area contributed by atoms with Crippen molar-refractivity contribution >= 4 is 41.0 Å². The van der Waals surface area contributed by atoms with Crippen molar-refractivity contribution in [2.24, 2.45) is 12.0 Å². The molecule has 2 heterocycles. The molecule has 3 rings (SSSR count). The van der Waals surface area contributed by atoms with Crippen molar-refractivity contribution in [3.63, 3.8) is 0 Å². The van der Waals surface area contributed by atoms with Gasteiger partial charge in [-0.3, -0.25) is 9.67 Å². The normalized spacial score (nSPS) is 11.5. The highest BCUT2D eigenvalue weighted by molar-refractivity contribution is 14.0. The summed E-state index contributed by atoms with van der Waals surface area (Å²) >= 11 is 0. The molecular weight excluding hydrogens is 453 g/mol. The molecule has 8 heteroatoms.